The lowest BCUT2D eigenvalue weighted by atomic mass is 10.1. The van der Waals surface area contributed by atoms with Gasteiger partial charge in [0, 0.05) is 32.0 Å². The van der Waals surface area contributed by atoms with Crippen LogP contribution in [0.15, 0.2) is 17.2 Å². The van der Waals surface area contributed by atoms with Crippen LogP contribution in [0.4, 0.5) is 0 Å². The van der Waals surface area contributed by atoms with Gasteiger partial charge in [0.25, 0.3) is 11.5 Å². The SMILES string of the molecule is Cc1cn(C)c(=O)c2c(C(=O)NC(C)(C)C)cn(C)c12. The molecule has 20 heavy (non-hydrogen) atoms. The standard InChI is InChI=1S/C15H21N3O2/c1-9-7-18(6)14(20)11-10(8-17(5)12(9)11)13(19)16-15(2,3)4/h7-8H,1-6H3,(H,16,19). The third kappa shape index (κ3) is 2.35. The van der Waals surface area contributed by atoms with Gasteiger partial charge in [-0.3, -0.25) is 9.59 Å². The van der Waals surface area contributed by atoms with Crippen molar-refractivity contribution in [3.05, 3.63) is 33.9 Å². The maximum atomic E-state index is 12.4. The summed E-state index contributed by atoms with van der Waals surface area (Å²) >= 11 is 0. The van der Waals surface area contributed by atoms with Gasteiger partial charge in [-0.05, 0) is 33.3 Å². The van der Waals surface area contributed by atoms with E-state index in [1.54, 1.807) is 19.4 Å². The fraction of sp³-hybridized carbons (Fsp3) is 0.467. The third-order valence-electron chi connectivity index (χ3n) is 3.21. The second kappa shape index (κ2) is 4.51. The van der Waals surface area contributed by atoms with Gasteiger partial charge in [-0.25, -0.2) is 0 Å². The molecular formula is C15H21N3O2. The molecule has 108 valence electrons. The van der Waals surface area contributed by atoms with E-state index in [2.05, 4.69) is 5.32 Å². The Bertz CT molecular complexity index is 745. The molecule has 1 amide bonds. The number of pyridine rings is 1. The van der Waals surface area contributed by atoms with Gasteiger partial charge in [-0.1, -0.05) is 0 Å². The molecule has 0 saturated carbocycles. The van der Waals surface area contributed by atoms with Crippen molar-refractivity contribution >= 4 is 16.8 Å². The summed E-state index contributed by atoms with van der Waals surface area (Å²) < 4.78 is 3.36. The molecule has 5 nitrogen and oxygen atoms in total. The summed E-state index contributed by atoms with van der Waals surface area (Å²) in [6.45, 7) is 7.69. The van der Waals surface area contributed by atoms with E-state index in [-0.39, 0.29) is 17.0 Å². The van der Waals surface area contributed by atoms with Gasteiger partial charge in [-0.2, -0.15) is 0 Å². The largest absolute Gasteiger partial charge is 0.349 e. The molecule has 0 aromatic carbocycles. The first-order valence-corrected chi connectivity index (χ1v) is 6.59. The number of rotatable bonds is 1. The van der Waals surface area contributed by atoms with Crippen molar-refractivity contribution in [3.63, 3.8) is 0 Å². The average Bonchev–Trinajstić information content (AvgIpc) is 2.62. The third-order valence-corrected chi connectivity index (χ3v) is 3.21. The van der Waals surface area contributed by atoms with Gasteiger partial charge in [0.2, 0.25) is 0 Å². The first kappa shape index (κ1) is 14.4. The van der Waals surface area contributed by atoms with E-state index in [4.69, 9.17) is 0 Å². The number of aromatic nitrogens is 2. The first-order chi connectivity index (χ1) is 9.11. The number of carbonyl (C=O) groups is 1. The van der Waals surface area contributed by atoms with Gasteiger partial charge in [0.05, 0.1) is 16.5 Å². The molecular weight excluding hydrogens is 254 g/mol. The van der Waals surface area contributed by atoms with Crippen LogP contribution >= 0.6 is 0 Å². The number of nitrogens with zero attached hydrogens (tertiary/aromatic N) is 2. The highest BCUT2D eigenvalue weighted by Crippen LogP contribution is 2.20. The summed E-state index contributed by atoms with van der Waals surface area (Å²) in [5, 5.41) is 3.39. The number of aryl methyl sites for hydroxylation is 3. The second-order valence-electron chi connectivity index (χ2n) is 6.31. The summed E-state index contributed by atoms with van der Waals surface area (Å²) in [6.07, 6.45) is 3.51. The number of hydrogen-bond acceptors (Lipinski definition) is 2. The molecule has 2 aromatic heterocycles. The molecule has 0 unspecified atom stereocenters. The van der Waals surface area contributed by atoms with Gasteiger partial charge in [-0.15, -0.1) is 0 Å². The zero-order valence-corrected chi connectivity index (χ0v) is 12.9. The maximum absolute atomic E-state index is 12.4. The monoisotopic (exact) mass is 275 g/mol. The Labute approximate surface area is 118 Å². The van der Waals surface area contributed by atoms with Crippen molar-refractivity contribution < 1.29 is 4.79 Å². The van der Waals surface area contributed by atoms with Crippen molar-refractivity contribution in [1.82, 2.24) is 14.5 Å². The molecule has 1 N–H and O–H groups in total. The van der Waals surface area contributed by atoms with Crippen molar-refractivity contribution in [1.29, 1.82) is 0 Å². The normalized spacial score (nSPS) is 11.9. The Balaban J connectivity index is 2.73. The molecule has 0 atom stereocenters. The molecule has 0 aliphatic heterocycles. The van der Waals surface area contributed by atoms with Crippen LogP contribution in [-0.2, 0) is 14.1 Å². The first-order valence-electron chi connectivity index (χ1n) is 6.59. The van der Waals surface area contributed by atoms with E-state index in [1.807, 2.05) is 39.3 Å². The number of nitrogens with one attached hydrogen (secondary N) is 1. The Kier molecular flexibility index (Phi) is 3.24. The molecule has 0 spiro atoms. The summed E-state index contributed by atoms with van der Waals surface area (Å²) in [7, 11) is 3.55. The second-order valence-corrected chi connectivity index (χ2v) is 6.31. The summed E-state index contributed by atoms with van der Waals surface area (Å²) in [5.74, 6) is -0.217. The molecule has 0 aliphatic carbocycles. The molecule has 0 fully saturated rings. The van der Waals surface area contributed by atoms with E-state index in [9.17, 15) is 9.59 Å². The molecule has 0 saturated heterocycles. The average molecular weight is 275 g/mol. The van der Waals surface area contributed by atoms with Crippen molar-refractivity contribution in [2.24, 2.45) is 14.1 Å². The number of amides is 1. The van der Waals surface area contributed by atoms with Crippen LogP contribution in [0, 0.1) is 6.92 Å². The minimum atomic E-state index is -0.339. The highest BCUT2D eigenvalue weighted by Gasteiger charge is 2.22. The van der Waals surface area contributed by atoms with Crippen LogP contribution < -0.4 is 10.9 Å². The highest BCUT2D eigenvalue weighted by atomic mass is 16.2. The lowest BCUT2D eigenvalue weighted by Gasteiger charge is -2.20. The van der Waals surface area contributed by atoms with Crippen LogP contribution in [0.2, 0.25) is 0 Å². The minimum absolute atomic E-state index is 0.148. The van der Waals surface area contributed by atoms with E-state index in [1.165, 1.54) is 4.57 Å². The van der Waals surface area contributed by atoms with E-state index in [0.717, 1.165) is 11.1 Å². The zero-order valence-electron chi connectivity index (χ0n) is 12.9. The number of carbonyl (C=O) groups excluding carboxylic acids is 1. The summed E-state index contributed by atoms with van der Waals surface area (Å²) in [4.78, 5) is 24.7. The topological polar surface area (TPSA) is 56.0 Å². The molecule has 2 rings (SSSR count). The summed E-state index contributed by atoms with van der Waals surface area (Å²) in [5.41, 5.74) is 1.73. The fourth-order valence-corrected chi connectivity index (χ4v) is 2.49. The molecule has 0 radical (unpaired) electrons. The van der Waals surface area contributed by atoms with Gasteiger partial charge < -0.3 is 14.5 Å². The maximum Gasteiger partial charge on any atom is 0.260 e. The molecule has 2 heterocycles. The van der Waals surface area contributed by atoms with E-state index < -0.39 is 0 Å². The Morgan fingerprint density at radius 2 is 1.75 bits per heavy atom. The molecule has 2 aromatic rings. The van der Waals surface area contributed by atoms with Crippen molar-refractivity contribution in [3.8, 4) is 0 Å². The fourth-order valence-electron chi connectivity index (χ4n) is 2.49. The summed E-state index contributed by atoms with van der Waals surface area (Å²) in [6, 6.07) is 0. The van der Waals surface area contributed by atoms with Gasteiger partial charge in [0.15, 0.2) is 0 Å². The van der Waals surface area contributed by atoms with Crippen LogP contribution in [0.25, 0.3) is 10.9 Å². The quantitative estimate of drug-likeness (QED) is 0.861. The van der Waals surface area contributed by atoms with Crippen LogP contribution in [0.3, 0.4) is 0 Å². The predicted molar refractivity (Wildman–Crippen MR) is 80.1 cm³/mol. The molecule has 0 aliphatic rings. The van der Waals surface area contributed by atoms with Crippen LogP contribution in [-0.4, -0.2) is 20.6 Å². The van der Waals surface area contributed by atoms with E-state index in [0.29, 0.717) is 10.9 Å². The molecule has 5 heteroatoms. The van der Waals surface area contributed by atoms with Crippen LogP contribution in [0.1, 0.15) is 36.7 Å². The number of fused-ring (bicyclic) bond motifs is 1. The number of hydrogen-bond donors (Lipinski definition) is 1. The highest BCUT2D eigenvalue weighted by molar-refractivity contribution is 6.07. The van der Waals surface area contributed by atoms with Crippen molar-refractivity contribution in [2.45, 2.75) is 33.2 Å². The van der Waals surface area contributed by atoms with Gasteiger partial charge in [0.1, 0.15) is 0 Å². The van der Waals surface area contributed by atoms with Crippen LogP contribution in [0.5, 0.6) is 0 Å². The molecule has 0 bridgehead atoms. The zero-order chi connectivity index (χ0) is 15.2. The minimum Gasteiger partial charge on any atom is -0.349 e. The Morgan fingerprint density at radius 1 is 1.15 bits per heavy atom. The Hall–Kier alpha value is -2.04. The smallest absolute Gasteiger partial charge is 0.260 e. The lowest BCUT2D eigenvalue weighted by molar-refractivity contribution is 0.0921. The lowest BCUT2D eigenvalue weighted by Crippen LogP contribution is -2.40. The van der Waals surface area contributed by atoms with Crippen molar-refractivity contribution in [2.75, 3.05) is 0 Å². The van der Waals surface area contributed by atoms with Gasteiger partial charge >= 0.3 is 0 Å². The predicted octanol–water partition coefficient (Wildman–Crippen LogP) is 1.71. The Morgan fingerprint density at radius 3 is 2.30 bits per heavy atom. The van der Waals surface area contributed by atoms with E-state index >= 15 is 0 Å².